The maximum atomic E-state index is 12.1. The number of ether oxygens (including phenoxy) is 2. The zero-order valence-electron chi connectivity index (χ0n) is 12.9. The van der Waals surface area contributed by atoms with E-state index in [0.29, 0.717) is 30.2 Å². The van der Waals surface area contributed by atoms with Crippen molar-refractivity contribution >= 4 is 11.8 Å². The summed E-state index contributed by atoms with van der Waals surface area (Å²) in [6.07, 6.45) is 0. The minimum absolute atomic E-state index is 0.219. The molecule has 1 aromatic rings. The van der Waals surface area contributed by atoms with E-state index in [1.165, 1.54) is 7.11 Å². The standard InChI is InChI=1S/C15H22N2O4/c1-5-16-14(18)10(3)17-15(19)11-7-8-12(21-6-2)13(9-11)20-4/h7-10H,5-6H2,1-4H3,(H,16,18)(H,17,19)/t10-/m0/s1. The van der Waals surface area contributed by atoms with E-state index < -0.39 is 6.04 Å². The fraction of sp³-hybridized carbons (Fsp3) is 0.467. The molecule has 0 spiro atoms. The lowest BCUT2D eigenvalue weighted by molar-refractivity contribution is -0.122. The molecule has 6 nitrogen and oxygen atoms in total. The van der Waals surface area contributed by atoms with E-state index >= 15 is 0 Å². The lowest BCUT2D eigenvalue weighted by Gasteiger charge is -2.14. The van der Waals surface area contributed by atoms with Gasteiger partial charge in [-0.15, -0.1) is 0 Å². The Morgan fingerprint density at radius 3 is 2.52 bits per heavy atom. The van der Waals surface area contributed by atoms with Crippen LogP contribution >= 0.6 is 0 Å². The van der Waals surface area contributed by atoms with Gasteiger partial charge >= 0.3 is 0 Å². The Hall–Kier alpha value is -2.24. The van der Waals surface area contributed by atoms with Crippen molar-refractivity contribution in [2.24, 2.45) is 0 Å². The second-order valence-electron chi connectivity index (χ2n) is 4.39. The summed E-state index contributed by atoms with van der Waals surface area (Å²) in [7, 11) is 1.51. The van der Waals surface area contributed by atoms with Crippen molar-refractivity contribution in [2.45, 2.75) is 26.8 Å². The first-order valence-electron chi connectivity index (χ1n) is 6.92. The monoisotopic (exact) mass is 294 g/mol. The largest absolute Gasteiger partial charge is 0.493 e. The molecule has 2 amide bonds. The Labute approximate surface area is 124 Å². The van der Waals surface area contributed by atoms with Crippen LogP contribution in [0.3, 0.4) is 0 Å². The van der Waals surface area contributed by atoms with Crippen molar-refractivity contribution in [1.29, 1.82) is 0 Å². The third-order valence-corrected chi connectivity index (χ3v) is 2.82. The van der Waals surface area contributed by atoms with Crippen molar-refractivity contribution in [3.63, 3.8) is 0 Å². The minimum atomic E-state index is -0.602. The number of benzene rings is 1. The molecule has 0 bridgehead atoms. The number of carbonyl (C=O) groups is 2. The molecule has 21 heavy (non-hydrogen) atoms. The molecular formula is C15H22N2O4. The quantitative estimate of drug-likeness (QED) is 0.796. The SMILES string of the molecule is CCNC(=O)[C@H](C)NC(=O)c1ccc(OCC)c(OC)c1. The highest BCUT2D eigenvalue weighted by atomic mass is 16.5. The molecule has 6 heteroatoms. The third kappa shape index (κ3) is 4.66. The van der Waals surface area contributed by atoms with Crippen molar-refractivity contribution in [3.8, 4) is 11.5 Å². The van der Waals surface area contributed by atoms with E-state index in [1.807, 2.05) is 13.8 Å². The molecule has 0 aliphatic rings. The van der Waals surface area contributed by atoms with Crippen LogP contribution in [0.1, 0.15) is 31.1 Å². The summed E-state index contributed by atoms with van der Waals surface area (Å²) in [5.74, 6) is 0.502. The average Bonchev–Trinajstić information content (AvgIpc) is 2.48. The van der Waals surface area contributed by atoms with Crippen molar-refractivity contribution in [2.75, 3.05) is 20.3 Å². The highest BCUT2D eigenvalue weighted by molar-refractivity contribution is 5.97. The molecule has 0 aliphatic carbocycles. The van der Waals surface area contributed by atoms with Gasteiger partial charge in [-0.2, -0.15) is 0 Å². The van der Waals surface area contributed by atoms with Gasteiger partial charge in [-0.1, -0.05) is 0 Å². The van der Waals surface area contributed by atoms with Gasteiger partial charge in [0.25, 0.3) is 5.91 Å². The number of carbonyl (C=O) groups excluding carboxylic acids is 2. The normalized spacial score (nSPS) is 11.4. The Balaban J connectivity index is 2.81. The van der Waals surface area contributed by atoms with Gasteiger partial charge in [-0.3, -0.25) is 9.59 Å². The summed E-state index contributed by atoms with van der Waals surface area (Å²) in [6.45, 7) is 6.36. The molecule has 0 radical (unpaired) electrons. The molecular weight excluding hydrogens is 272 g/mol. The van der Waals surface area contributed by atoms with E-state index in [1.54, 1.807) is 25.1 Å². The number of methoxy groups -OCH3 is 1. The highest BCUT2D eigenvalue weighted by Gasteiger charge is 2.17. The molecule has 1 atom stereocenters. The predicted molar refractivity (Wildman–Crippen MR) is 79.8 cm³/mol. The lowest BCUT2D eigenvalue weighted by Crippen LogP contribution is -2.44. The number of nitrogens with one attached hydrogen (secondary N) is 2. The number of amides is 2. The zero-order chi connectivity index (χ0) is 15.8. The summed E-state index contributed by atoms with van der Waals surface area (Å²) >= 11 is 0. The van der Waals surface area contributed by atoms with Gasteiger partial charge in [0, 0.05) is 12.1 Å². The summed E-state index contributed by atoms with van der Waals surface area (Å²) in [4.78, 5) is 23.7. The Bertz CT molecular complexity index is 502. The van der Waals surface area contributed by atoms with E-state index in [0.717, 1.165) is 0 Å². The van der Waals surface area contributed by atoms with Crippen molar-refractivity contribution in [3.05, 3.63) is 23.8 Å². The molecule has 0 saturated heterocycles. The summed E-state index contributed by atoms with van der Waals surface area (Å²) in [5.41, 5.74) is 0.409. The van der Waals surface area contributed by atoms with Gasteiger partial charge in [-0.25, -0.2) is 0 Å². The van der Waals surface area contributed by atoms with Crippen LogP contribution in [0.4, 0.5) is 0 Å². The molecule has 0 saturated carbocycles. The van der Waals surface area contributed by atoms with Gasteiger partial charge in [-0.05, 0) is 39.0 Å². The maximum absolute atomic E-state index is 12.1. The van der Waals surface area contributed by atoms with Crippen molar-refractivity contribution < 1.29 is 19.1 Å². The first kappa shape index (κ1) is 16.8. The van der Waals surface area contributed by atoms with Crippen LogP contribution < -0.4 is 20.1 Å². The highest BCUT2D eigenvalue weighted by Crippen LogP contribution is 2.27. The fourth-order valence-corrected chi connectivity index (χ4v) is 1.76. The molecule has 116 valence electrons. The lowest BCUT2D eigenvalue weighted by atomic mass is 10.1. The third-order valence-electron chi connectivity index (χ3n) is 2.82. The molecule has 0 aromatic heterocycles. The summed E-state index contributed by atoms with van der Waals surface area (Å²) in [5, 5.41) is 5.29. The number of likely N-dealkylation sites (N-methyl/N-ethyl adjacent to an activating group) is 1. The van der Waals surface area contributed by atoms with Gasteiger partial charge in [0.1, 0.15) is 6.04 Å². The first-order chi connectivity index (χ1) is 10.0. The fourth-order valence-electron chi connectivity index (χ4n) is 1.76. The second kappa shape index (κ2) is 8.14. The summed E-state index contributed by atoms with van der Waals surface area (Å²) in [6, 6.07) is 4.29. The van der Waals surface area contributed by atoms with E-state index in [9.17, 15) is 9.59 Å². The zero-order valence-corrected chi connectivity index (χ0v) is 12.9. The molecule has 0 aliphatic heterocycles. The molecule has 0 fully saturated rings. The Morgan fingerprint density at radius 2 is 1.95 bits per heavy atom. The molecule has 0 heterocycles. The van der Waals surface area contributed by atoms with Crippen LogP contribution in [0.15, 0.2) is 18.2 Å². The van der Waals surface area contributed by atoms with Gasteiger partial charge in [0.05, 0.1) is 13.7 Å². The van der Waals surface area contributed by atoms with Crippen LogP contribution in [-0.4, -0.2) is 38.1 Å². The smallest absolute Gasteiger partial charge is 0.252 e. The van der Waals surface area contributed by atoms with Crippen LogP contribution in [0.2, 0.25) is 0 Å². The second-order valence-corrected chi connectivity index (χ2v) is 4.39. The molecule has 1 rings (SSSR count). The van der Waals surface area contributed by atoms with Crippen LogP contribution in [0.25, 0.3) is 0 Å². The number of rotatable bonds is 7. The van der Waals surface area contributed by atoms with Crippen LogP contribution in [-0.2, 0) is 4.79 Å². The summed E-state index contributed by atoms with van der Waals surface area (Å²) < 4.78 is 10.6. The van der Waals surface area contributed by atoms with Gasteiger partial charge < -0.3 is 20.1 Å². The molecule has 2 N–H and O–H groups in total. The molecule has 1 aromatic carbocycles. The van der Waals surface area contributed by atoms with E-state index in [4.69, 9.17) is 9.47 Å². The van der Waals surface area contributed by atoms with Gasteiger partial charge in [0.2, 0.25) is 5.91 Å². The first-order valence-corrected chi connectivity index (χ1v) is 6.92. The molecule has 0 unspecified atom stereocenters. The van der Waals surface area contributed by atoms with Crippen LogP contribution in [0.5, 0.6) is 11.5 Å². The minimum Gasteiger partial charge on any atom is -0.493 e. The van der Waals surface area contributed by atoms with Gasteiger partial charge in [0.15, 0.2) is 11.5 Å². The van der Waals surface area contributed by atoms with Crippen LogP contribution in [0, 0.1) is 0 Å². The van der Waals surface area contributed by atoms with E-state index in [-0.39, 0.29) is 11.8 Å². The topological polar surface area (TPSA) is 76.7 Å². The Kier molecular flexibility index (Phi) is 6.52. The predicted octanol–water partition coefficient (Wildman–Crippen LogP) is 1.35. The Morgan fingerprint density at radius 1 is 1.24 bits per heavy atom. The number of hydrogen-bond acceptors (Lipinski definition) is 4. The maximum Gasteiger partial charge on any atom is 0.252 e. The van der Waals surface area contributed by atoms with Crippen molar-refractivity contribution in [1.82, 2.24) is 10.6 Å². The number of hydrogen-bond donors (Lipinski definition) is 2. The average molecular weight is 294 g/mol. The van der Waals surface area contributed by atoms with E-state index in [2.05, 4.69) is 10.6 Å².